The number of aliphatic hydroxyl groups is 1. The molecule has 0 unspecified atom stereocenters. The molecule has 0 aromatic carbocycles. The molecule has 1 fully saturated rings. The van der Waals surface area contributed by atoms with Gasteiger partial charge >= 0.3 is 6.18 Å². The molecule has 2 N–H and O–H groups in total. The first-order valence-electron chi connectivity index (χ1n) is 7.03. The van der Waals surface area contributed by atoms with Crippen molar-refractivity contribution in [3.05, 3.63) is 11.8 Å². The number of halogens is 3. The second-order valence-electron chi connectivity index (χ2n) is 4.96. The fraction of sp³-hybridized carbons (Fsp3) is 0.692. The minimum Gasteiger partial charge on any atom is -0.395 e. The molecule has 21 heavy (non-hydrogen) atoms. The summed E-state index contributed by atoms with van der Waals surface area (Å²) in [6.45, 7) is 2.34. The van der Waals surface area contributed by atoms with Gasteiger partial charge in [-0.15, -0.1) is 0 Å². The smallest absolute Gasteiger partial charge is 0.395 e. The minimum atomic E-state index is -4.52. The zero-order valence-electron chi connectivity index (χ0n) is 11.8. The summed E-state index contributed by atoms with van der Waals surface area (Å²) in [7, 11) is 0. The lowest BCUT2D eigenvalue weighted by molar-refractivity contribution is -0.141. The van der Waals surface area contributed by atoms with E-state index < -0.39 is 11.9 Å². The number of aliphatic hydroxyl groups excluding tert-OH is 1. The van der Waals surface area contributed by atoms with Crippen LogP contribution in [0, 0.1) is 0 Å². The van der Waals surface area contributed by atoms with Gasteiger partial charge in [0.2, 0.25) is 5.95 Å². The number of hydrogen-bond donors (Lipinski definition) is 2. The van der Waals surface area contributed by atoms with Gasteiger partial charge in [0.15, 0.2) is 5.69 Å². The fourth-order valence-corrected chi connectivity index (χ4v) is 2.25. The van der Waals surface area contributed by atoms with Gasteiger partial charge in [-0.3, -0.25) is 0 Å². The van der Waals surface area contributed by atoms with E-state index in [4.69, 9.17) is 5.11 Å². The zero-order chi connectivity index (χ0) is 15.5. The van der Waals surface area contributed by atoms with Crippen molar-refractivity contribution in [2.45, 2.75) is 38.4 Å². The molecule has 0 saturated heterocycles. The lowest BCUT2D eigenvalue weighted by Crippen LogP contribution is -2.42. The topological polar surface area (TPSA) is 61.3 Å². The van der Waals surface area contributed by atoms with Crippen molar-refractivity contribution in [3.63, 3.8) is 0 Å². The number of hydrogen-bond acceptors (Lipinski definition) is 5. The number of alkyl halides is 3. The van der Waals surface area contributed by atoms with Gasteiger partial charge in [0.1, 0.15) is 5.82 Å². The zero-order valence-corrected chi connectivity index (χ0v) is 11.8. The molecule has 1 aromatic rings. The number of anilines is 2. The first-order valence-corrected chi connectivity index (χ1v) is 7.03. The molecule has 118 valence electrons. The van der Waals surface area contributed by atoms with Gasteiger partial charge in [0.05, 0.1) is 6.61 Å². The SMILES string of the molecule is CCNc1nc(N(CCO)C2CCC2)cc(C(F)(F)F)n1. The summed E-state index contributed by atoms with van der Waals surface area (Å²) in [4.78, 5) is 9.39. The minimum absolute atomic E-state index is 0.0374. The maximum absolute atomic E-state index is 12.9. The van der Waals surface area contributed by atoms with E-state index in [1.807, 2.05) is 0 Å². The van der Waals surface area contributed by atoms with Crippen LogP contribution in [-0.4, -0.2) is 40.8 Å². The van der Waals surface area contributed by atoms with E-state index in [2.05, 4.69) is 15.3 Å². The summed E-state index contributed by atoms with van der Waals surface area (Å²) in [6.07, 6.45) is -1.67. The lowest BCUT2D eigenvalue weighted by atomic mass is 9.91. The van der Waals surface area contributed by atoms with Crippen molar-refractivity contribution in [1.29, 1.82) is 0 Å². The summed E-state index contributed by atoms with van der Waals surface area (Å²) in [6, 6.07) is 1.09. The van der Waals surface area contributed by atoms with Crippen LogP contribution in [0.25, 0.3) is 0 Å². The van der Waals surface area contributed by atoms with Gasteiger partial charge in [-0.1, -0.05) is 0 Å². The Hall–Kier alpha value is -1.57. The summed E-state index contributed by atoms with van der Waals surface area (Å²) >= 11 is 0. The lowest BCUT2D eigenvalue weighted by Gasteiger charge is -2.38. The maximum Gasteiger partial charge on any atom is 0.433 e. The van der Waals surface area contributed by atoms with E-state index in [0.717, 1.165) is 25.3 Å². The van der Waals surface area contributed by atoms with Crippen LogP contribution in [0.3, 0.4) is 0 Å². The molecule has 8 heteroatoms. The molecule has 1 saturated carbocycles. The number of aromatic nitrogens is 2. The van der Waals surface area contributed by atoms with E-state index in [9.17, 15) is 13.2 Å². The van der Waals surface area contributed by atoms with Crippen molar-refractivity contribution < 1.29 is 18.3 Å². The maximum atomic E-state index is 12.9. The normalized spacial score (nSPS) is 15.7. The third-order valence-corrected chi connectivity index (χ3v) is 3.49. The molecule has 0 spiro atoms. The third-order valence-electron chi connectivity index (χ3n) is 3.49. The molecule has 0 amide bonds. The van der Waals surface area contributed by atoms with Crippen molar-refractivity contribution in [3.8, 4) is 0 Å². The molecule has 0 aliphatic heterocycles. The molecular formula is C13H19F3N4O. The molecule has 1 aliphatic rings. The molecule has 2 rings (SSSR count). The van der Waals surface area contributed by atoms with Crippen LogP contribution in [0.5, 0.6) is 0 Å². The predicted molar refractivity (Wildman–Crippen MR) is 73.3 cm³/mol. The van der Waals surface area contributed by atoms with Gasteiger partial charge in [-0.25, -0.2) is 4.98 Å². The van der Waals surface area contributed by atoms with Gasteiger partial charge in [-0.05, 0) is 26.2 Å². The molecule has 0 radical (unpaired) electrons. The average Bonchev–Trinajstić information content (AvgIpc) is 2.35. The fourth-order valence-electron chi connectivity index (χ4n) is 2.25. The quantitative estimate of drug-likeness (QED) is 0.844. The molecule has 1 heterocycles. The van der Waals surface area contributed by atoms with Crippen molar-refractivity contribution >= 4 is 11.8 Å². The van der Waals surface area contributed by atoms with Crippen LogP contribution in [0.4, 0.5) is 24.9 Å². The summed E-state index contributed by atoms with van der Waals surface area (Å²) < 4.78 is 38.8. The summed E-state index contributed by atoms with van der Waals surface area (Å²) in [5.74, 6) is 0.177. The average molecular weight is 304 g/mol. The Morgan fingerprint density at radius 3 is 2.57 bits per heavy atom. The Morgan fingerprint density at radius 2 is 2.10 bits per heavy atom. The second-order valence-corrected chi connectivity index (χ2v) is 4.96. The van der Waals surface area contributed by atoms with Crippen LogP contribution in [0.2, 0.25) is 0 Å². The van der Waals surface area contributed by atoms with E-state index in [-0.39, 0.29) is 31.0 Å². The van der Waals surface area contributed by atoms with Crippen molar-refractivity contribution in [1.82, 2.24) is 9.97 Å². The second kappa shape index (κ2) is 6.46. The Labute approximate surface area is 121 Å². The Balaban J connectivity index is 2.37. The highest BCUT2D eigenvalue weighted by atomic mass is 19.4. The highest BCUT2D eigenvalue weighted by Crippen LogP contribution is 2.33. The first-order chi connectivity index (χ1) is 9.95. The van der Waals surface area contributed by atoms with Crippen LogP contribution < -0.4 is 10.2 Å². The Kier molecular flexibility index (Phi) is 4.87. The van der Waals surface area contributed by atoms with Crippen molar-refractivity contribution in [2.24, 2.45) is 0 Å². The summed E-state index contributed by atoms with van der Waals surface area (Å²) in [5, 5.41) is 11.9. The number of rotatable bonds is 6. The van der Waals surface area contributed by atoms with Crippen LogP contribution in [0.1, 0.15) is 31.9 Å². The van der Waals surface area contributed by atoms with Gasteiger partial charge in [0, 0.05) is 25.2 Å². The predicted octanol–water partition coefficient (Wildman–Crippen LogP) is 2.28. The third kappa shape index (κ3) is 3.75. The molecule has 5 nitrogen and oxygen atoms in total. The highest BCUT2D eigenvalue weighted by molar-refractivity contribution is 5.47. The van der Waals surface area contributed by atoms with Crippen LogP contribution in [-0.2, 0) is 6.18 Å². The van der Waals surface area contributed by atoms with Crippen molar-refractivity contribution in [2.75, 3.05) is 29.9 Å². The van der Waals surface area contributed by atoms with Gasteiger partial charge in [-0.2, -0.15) is 18.2 Å². The standard InChI is InChI=1S/C13H19F3N4O/c1-2-17-12-18-10(13(14,15)16)8-11(19-12)20(6-7-21)9-4-3-5-9/h8-9,21H,2-7H2,1H3,(H,17,18,19). The molecule has 0 atom stereocenters. The van der Waals surface area contributed by atoms with Crippen LogP contribution >= 0.6 is 0 Å². The first kappa shape index (κ1) is 15.8. The summed E-state index contributed by atoms with van der Waals surface area (Å²) in [5.41, 5.74) is -0.967. The largest absolute Gasteiger partial charge is 0.433 e. The van der Waals surface area contributed by atoms with Gasteiger partial charge < -0.3 is 15.3 Å². The Bertz CT molecular complexity index is 477. The van der Waals surface area contributed by atoms with Gasteiger partial charge in [0.25, 0.3) is 0 Å². The van der Waals surface area contributed by atoms with E-state index in [0.29, 0.717) is 6.54 Å². The Morgan fingerprint density at radius 1 is 1.38 bits per heavy atom. The number of nitrogens with one attached hydrogen (secondary N) is 1. The molecular weight excluding hydrogens is 285 g/mol. The van der Waals surface area contributed by atoms with E-state index in [1.165, 1.54) is 0 Å². The van der Waals surface area contributed by atoms with E-state index >= 15 is 0 Å². The number of nitrogens with zero attached hydrogens (tertiary/aromatic N) is 3. The monoisotopic (exact) mass is 304 g/mol. The molecule has 1 aliphatic carbocycles. The van der Waals surface area contributed by atoms with E-state index in [1.54, 1.807) is 11.8 Å². The van der Waals surface area contributed by atoms with Crippen LogP contribution in [0.15, 0.2) is 6.07 Å². The highest BCUT2D eigenvalue weighted by Gasteiger charge is 2.35. The molecule has 1 aromatic heterocycles. The molecule has 0 bridgehead atoms.